The molecule has 7 nitrogen and oxygen atoms in total. The first-order valence-corrected chi connectivity index (χ1v) is 8.65. The highest BCUT2D eigenvalue weighted by atomic mass is 79.9. The van der Waals surface area contributed by atoms with Crippen LogP contribution in [0.1, 0.15) is 30.9 Å². The van der Waals surface area contributed by atoms with Gasteiger partial charge in [-0.2, -0.15) is 5.10 Å². The van der Waals surface area contributed by atoms with E-state index in [0.717, 1.165) is 10.0 Å². The van der Waals surface area contributed by atoms with Gasteiger partial charge in [-0.15, -0.1) is 0 Å². The van der Waals surface area contributed by atoms with Gasteiger partial charge in [0.2, 0.25) is 0 Å². The lowest BCUT2D eigenvalue weighted by molar-refractivity contribution is -0.385. The van der Waals surface area contributed by atoms with E-state index >= 15 is 0 Å². The monoisotopic (exact) mass is 419 g/mol. The van der Waals surface area contributed by atoms with E-state index < -0.39 is 10.8 Å². The highest BCUT2D eigenvalue weighted by molar-refractivity contribution is 9.10. The van der Waals surface area contributed by atoms with Crippen molar-refractivity contribution in [1.82, 2.24) is 5.43 Å². The van der Waals surface area contributed by atoms with Gasteiger partial charge in [0.05, 0.1) is 21.2 Å². The van der Waals surface area contributed by atoms with Crippen molar-refractivity contribution in [2.75, 3.05) is 6.61 Å². The lowest BCUT2D eigenvalue weighted by Crippen LogP contribution is -2.24. The molecule has 0 aromatic heterocycles. The lowest BCUT2D eigenvalue weighted by Gasteiger charge is -2.10. The van der Waals surface area contributed by atoms with Crippen molar-refractivity contribution >= 4 is 33.7 Å². The third kappa shape index (κ3) is 5.38. The molecule has 0 unspecified atom stereocenters. The van der Waals surface area contributed by atoms with E-state index in [9.17, 15) is 14.9 Å². The minimum atomic E-state index is -0.509. The second-order valence-corrected chi connectivity index (χ2v) is 6.60. The Hall–Kier alpha value is -2.74. The van der Waals surface area contributed by atoms with Gasteiger partial charge in [0.15, 0.2) is 6.61 Å². The molecular formula is C18H18BrN3O4. The van der Waals surface area contributed by atoms with E-state index in [2.05, 4.69) is 40.3 Å². The van der Waals surface area contributed by atoms with Crippen LogP contribution in [0.25, 0.3) is 0 Å². The summed E-state index contributed by atoms with van der Waals surface area (Å²) in [7, 11) is 0. The maximum Gasteiger partial charge on any atom is 0.278 e. The van der Waals surface area contributed by atoms with Crippen LogP contribution in [-0.2, 0) is 4.79 Å². The minimum absolute atomic E-state index is 0.0871. The molecule has 0 heterocycles. The molecule has 2 rings (SSSR count). The van der Waals surface area contributed by atoms with Crippen molar-refractivity contribution in [3.8, 4) is 5.75 Å². The first kappa shape index (κ1) is 19.6. The van der Waals surface area contributed by atoms with E-state index in [1.165, 1.54) is 18.3 Å². The molecule has 26 heavy (non-hydrogen) atoms. The van der Waals surface area contributed by atoms with Crippen molar-refractivity contribution in [3.63, 3.8) is 0 Å². The fourth-order valence-electron chi connectivity index (χ4n) is 2.11. The molecule has 2 aromatic carbocycles. The summed E-state index contributed by atoms with van der Waals surface area (Å²) < 4.78 is 6.22. The lowest BCUT2D eigenvalue weighted by atomic mass is 10.0. The number of benzene rings is 2. The van der Waals surface area contributed by atoms with E-state index in [1.807, 2.05) is 12.1 Å². The number of amides is 1. The van der Waals surface area contributed by atoms with Gasteiger partial charge in [-0.25, -0.2) is 5.43 Å². The van der Waals surface area contributed by atoms with Gasteiger partial charge >= 0.3 is 0 Å². The normalized spacial score (nSPS) is 10.9. The number of hydrogen-bond acceptors (Lipinski definition) is 5. The quantitative estimate of drug-likeness (QED) is 0.416. The highest BCUT2D eigenvalue weighted by Gasteiger charge is 2.10. The van der Waals surface area contributed by atoms with E-state index in [4.69, 9.17) is 4.74 Å². The predicted octanol–water partition coefficient (Wildman–Crippen LogP) is 4.01. The SMILES string of the molecule is CC(C)c1ccc(OCC(=O)NN=Cc2ccccc2[N+](=O)[O-])c(Br)c1. The van der Waals surface area contributed by atoms with Crippen LogP contribution < -0.4 is 10.2 Å². The van der Waals surface area contributed by atoms with Gasteiger partial charge in [-0.3, -0.25) is 14.9 Å². The Kier molecular flexibility index (Phi) is 6.85. The molecule has 8 heteroatoms. The number of hydrogen-bond donors (Lipinski definition) is 1. The van der Waals surface area contributed by atoms with Gasteiger partial charge in [0, 0.05) is 6.07 Å². The van der Waals surface area contributed by atoms with Gasteiger partial charge in [-0.1, -0.05) is 32.0 Å². The Morgan fingerprint density at radius 2 is 2.08 bits per heavy atom. The molecule has 2 aromatic rings. The summed E-state index contributed by atoms with van der Waals surface area (Å²) >= 11 is 3.42. The molecule has 0 fully saturated rings. The smallest absolute Gasteiger partial charge is 0.278 e. The Morgan fingerprint density at radius 1 is 1.35 bits per heavy atom. The largest absolute Gasteiger partial charge is 0.483 e. The third-order valence-corrected chi connectivity index (χ3v) is 4.13. The van der Waals surface area contributed by atoms with Crippen LogP contribution in [0.5, 0.6) is 5.75 Å². The van der Waals surface area contributed by atoms with Crippen LogP contribution >= 0.6 is 15.9 Å². The van der Waals surface area contributed by atoms with Crippen LogP contribution in [0, 0.1) is 10.1 Å². The number of carbonyl (C=O) groups is 1. The fraction of sp³-hybridized carbons (Fsp3) is 0.222. The first-order valence-electron chi connectivity index (χ1n) is 7.86. The van der Waals surface area contributed by atoms with Crippen molar-refractivity contribution in [1.29, 1.82) is 0 Å². The second kappa shape index (κ2) is 9.10. The van der Waals surface area contributed by atoms with Gasteiger partial charge < -0.3 is 4.74 Å². The van der Waals surface area contributed by atoms with Crippen LogP contribution in [0.2, 0.25) is 0 Å². The third-order valence-electron chi connectivity index (χ3n) is 3.51. The topological polar surface area (TPSA) is 93.8 Å². The summed E-state index contributed by atoms with van der Waals surface area (Å²) in [5.41, 5.74) is 3.65. The van der Waals surface area contributed by atoms with Gasteiger partial charge in [0.25, 0.3) is 11.6 Å². The van der Waals surface area contributed by atoms with Crippen LogP contribution in [0.15, 0.2) is 52.0 Å². The van der Waals surface area contributed by atoms with Crippen molar-refractivity contribution in [2.24, 2.45) is 5.10 Å². The summed E-state index contributed by atoms with van der Waals surface area (Å²) in [5.74, 6) is 0.465. The Balaban J connectivity index is 1.91. The Morgan fingerprint density at radius 3 is 2.73 bits per heavy atom. The van der Waals surface area contributed by atoms with E-state index in [0.29, 0.717) is 17.2 Å². The number of carbonyl (C=O) groups excluding carboxylic acids is 1. The number of nitro groups is 1. The number of para-hydroxylation sites is 1. The molecule has 0 aliphatic heterocycles. The van der Waals surface area contributed by atoms with E-state index in [-0.39, 0.29) is 12.3 Å². The second-order valence-electron chi connectivity index (χ2n) is 5.74. The average molecular weight is 420 g/mol. The molecular weight excluding hydrogens is 402 g/mol. The molecule has 0 saturated heterocycles. The number of nitro benzene ring substituents is 1. The summed E-state index contributed by atoms with van der Waals surface area (Å²) in [5, 5.41) is 14.6. The summed E-state index contributed by atoms with van der Waals surface area (Å²) in [6, 6.07) is 11.8. The van der Waals surface area contributed by atoms with Crippen molar-refractivity contribution < 1.29 is 14.5 Å². The molecule has 1 N–H and O–H groups in total. The molecule has 0 atom stereocenters. The molecule has 0 radical (unpaired) electrons. The zero-order valence-electron chi connectivity index (χ0n) is 14.3. The standard InChI is InChI=1S/C18H18BrN3O4/c1-12(2)13-7-8-17(15(19)9-13)26-11-18(23)21-20-10-14-5-3-4-6-16(14)22(24)25/h3-10,12H,11H2,1-2H3,(H,21,23). The number of ether oxygens (including phenoxy) is 1. The van der Waals surface area contributed by atoms with Crippen LogP contribution in [0.3, 0.4) is 0 Å². The van der Waals surface area contributed by atoms with Crippen LogP contribution in [0.4, 0.5) is 5.69 Å². The van der Waals surface area contributed by atoms with E-state index in [1.54, 1.807) is 18.2 Å². The first-order chi connectivity index (χ1) is 12.4. The number of nitrogens with one attached hydrogen (secondary N) is 1. The zero-order valence-corrected chi connectivity index (χ0v) is 15.9. The highest BCUT2D eigenvalue weighted by Crippen LogP contribution is 2.28. The Bertz CT molecular complexity index is 837. The zero-order chi connectivity index (χ0) is 19.1. The minimum Gasteiger partial charge on any atom is -0.483 e. The maximum absolute atomic E-state index is 11.8. The summed E-state index contributed by atoms with van der Waals surface area (Å²) in [4.78, 5) is 22.2. The van der Waals surface area contributed by atoms with Gasteiger partial charge in [0.1, 0.15) is 5.75 Å². The number of halogens is 1. The number of nitrogens with zero attached hydrogens (tertiary/aromatic N) is 2. The maximum atomic E-state index is 11.8. The van der Waals surface area contributed by atoms with Crippen molar-refractivity contribution in [3.05, 3.63) is 68.2 Å². The average Bonchev–Trinajstić information content (AvgIpc) is 2.60. The molecule has 1 amide bonds. The Labute approximate surface area is 159 Å². The summed E-state index contributed by atoms with van der Waals surface area (Å²) in [6.45, 7) is 3.95. The molecule has 0 bridgehead atoms. The number of hydrazone groups is 1. The van der Waals surface area contributed by atoms with Gasteiger partial charge in [-0.05, 0) is 45.6 Å². The van der Waals surface area contributed by atoms with Crippen molar-refractivity contribution in [2.45, 2.75) is 19.8 Å². The molecule has 0 saturated carbocycles. The molecule has 136 valence electrons. The summed E-state index contributed by atoms with van der Waals surface area (Å²) in [6.07, 6.45) is 1.23. The number of rotatable bonds is 7. The predicted molar refractivity (Wildman–Crippen MR) is 103 cm³/mol. The van der Waals surface area contributed by atoms with Crippen LogP contribution in [-0.4, -0.2) is 23.7 Å². The molecule has 0 aliphatic rings. The molecule has 0 aliphatic carbocycles. The molecule has 0 spiro atoms. The fourth-order valence-corrected chi connectivity index (χ4v) is 2.62.